The molecule has 1 aromatic carbocycles. The van der Waals surface area contributed by atoms with Crippen molar-refractivity contribution in [2.24, 2.45) is 5.73 Å². The average molecular weight is 320 g/mol. The SMILES string of the molecule is CC(C)(C)c1nc2scc(-c3ccc(Cl)cc3)n2c1CN. The van der Waals surface area contributed by atoms with Crippen LogP contribution in [-0.2, 0) is 12.0 Å². The van der Waals surface area contributed by atoms with Crippen molar-refractivity contribution in [3.63, 3.8) is 0 Å². The molecule has 21 heavy (non-hydrogen) atoms. The van der Waals surface area contributed by atoms with Crippen molar-refractivity contribution in [2.45, 2.75) is 32.7 Å². The van der Waals surface area contributed by atoms with Gasteiger partial charge in [0.15, 0.2) is 4.96 Å². The molecule has 0 unspecified atom stereocenters. The van der Waals surface area contributed by atoms with E-state index in [0.29, 0.717) is 6.54 Å². The lowest BCUT2D eigenvalue weighted by Gasteiger charge is -2.17. The van der Waals surface area contributed by atoms with E-state index >= 15 is 0 Å². The van der Waals surface area contributed by atoms with Gasteiger partial charge in [-0.2, -0.15) is 0 Å². The van der Waals surface area contributed by atoms with Crippen molar-refractivity contribution >= 4 is 27.9 Å². The number of rotatable bonds is 2. The van der Waals surface area contributed by atoms with E-state index in [2.05, 4.69) is 30.6 Å². The number of benzene rings is 1. The summed E-state index contributed by atoms with van der Waals surface area (Å²) in [5, 5.41) is 2.86. The highest BCUT2D eigenvalue weighted by atomic mass is 35.5. The van der Waals surface area contributed by atoms with Gasteiger partial charge in [0.25, 0.3) is 0 Å². The summed E-state index contributed by atoms with van der Waals surface area (Å²) in [7, 11) is 0. The minimum absolute atomic E-state index is 0.0162. The minimum atomic E-state index is -0.0162. The zero-order valence-electron chi connectivity index (χ0n) is 12.4. The van der Waals surface area contributed by atoms with E-state index in [1.807, 2.05) is 24.3 Å². The lowest BCUT2D eigenvalue weighted by molar-refractivity contribution is 0.564. The van der Waals surface area contributed by atoms with E-state index < -0.39 is 0 Å². The average Bonchev–Trinajstić information content (AvgIpc) is 2.97. The second-order valence-electron chi connectivity index (χ2n) is 6.11. The standard InChI is InChI=1S/C16H18ClN3S/c1-16(2,3)14-12(8-18)20-13(9-21-15(20)19-14)10-4-6-11(17)7-5-10/h4-7,9H,8,18H2,1-3H3. The maximum absolute atomic E-state index is 6.01. The summed E-state index contributed by atoms with van der Waals surface area (Å²) in [6.45, 7) is 6.98. The van der Waals surface area contributed by atoms with Crippen molar-refractivity contribution < 1.29 is 0 Å². The molecule has 3 aromatic rings. The summed E-state index contributed by atoms with van der Waals surface area (Å²) in [5.41, 5.74) is 10.4. The highest BCUT2D eigenvalue weighted by molar-refractivity contribution is 7.15. The van der Waals surface area contributed by atoms with Crippen LogP contribution < -0.4 is 5.73 Å². The molecular weight excluding hydrogens is 302 g/mol. The van der Waals surface area contributed by atoms with Crippen LogP contribution in [0.1, 0.15) is 32.2 Å². The summed E-state index contributed by atoms with van der Waals surface area (Å²) in [4.78, 5) is 5.78. The molecule has 3 rings (SSSR count). The number of hydrogen-bond acceptors (Lipinski definition) is 3. The third kappa shape index (κ3) is 2.48. The Morgan fingerprint density at radius 3 is 2.48 bits per heavy atom. The van der Waals surface area contributed by atoms with Crippen LogP contribution in [0.2, 0.25) is 5.02 Å². The maximum Gasteiger partial charge on any atom is 0.194 e. The van der Waals surface area contributed by atoms with E-state index in [1.165, 1.54) is 0 Å². The molecule has 5 heteroatoms. The quantitative estimate of drug-likeness (QED) is 0.757. The molecule has 0 aliphatic carbocycles. The lowest BCUT2D eigenvalue weighted by atomic mass is 9.90. The van der Waals surface area contributed by atoms with Crippen molar-refractivity contribution in [3.8, 4) is 11.3 Å². The molecule has 110 valence electrons. The molecule has 2 N–H and O–H groups in total. The second-order valence-corrected chi connectivity index (χ2v) is 7.38. The predicted molar refractivity (Wildman–Crippen MR) is 90.1 cm³/mol. The maximum atomic E-state index is 6.01. The molecule has 0 radical (unpaired) electrons. The first kappa shape index (κ1) is 14.6. The van der Waals surface area contributed by atoms with Gasteiger partial charge < -0.3 is 5.73 Å². The van der Waals surface area contributed by atoms with Gasteiger partial charge in [0.1, 0.15) is 0 Å². The van der Waals surface area contributed by atoms with Crippen molar-refractivity contribution in [1.29, 1.82) is 0 Å². The van der Waals surface area contributed by atoms with Crippen LogP contribution in [-0.4, -0.2) is 9.38 Å². The number of nitrogens with two attached hydrogens (primary N) is 1. The molecule has 0 fully saturated rings. The van der Waals surface area contributed by atoms with Gasteiger partial charge in [-0.3, -0.25) is 4.40 Å². The summed E-state index contributed by atoms with van der Waals surface area (Å²) in [6, 6.07) is 7.87. The number of aromatic nitrogens is 2. The van der Waals surface area contributed by atoms with Gasteiger partial charge in [-0.15, -0.1) is 11.3 Å². The number of nitrogens with zero attached hydrogens (tertiary/aromatic N) is 2. The zero-order valence-corrected chi connectivity index (χ0v) is 13.9. The Balaban J connectivity index is 2.26. The van der Waals surface area contributed by atoms with Crippen molar-refractivity contribution in [1.82, 2.24) is 9.38 Å². The Morgan fingerprint density at radius 1 is 1.24 bits per heavy atom. The van der Waals surface area contributed by atoms with Gasteiger partial charge in [-0.05, 0) is 17.7 Å². The number of halogens is 1. The van der Waals surface area contributed by atoms with Gasteiger partial charge in [0.2, 0.25) is 0 Å². The van der Waals surface area contributed by atoms with Gasteiger partial charge in [0, 0.05) is 22.4 Å². The molecule has 0 saturated heterocycles. The topological polar surface area (TPSA) is 43.3 Å². The van der Waals surface area contributed by atoms with Crippen LogP contribution in [0, 0.1) is 0 Å². The van der Waals surface area contributed by atoms with Crippen LogP contribution in [0.15, 0.2) is 29.6 Å². The molecule has 2 aromatic heterocycles. The second kappa shape index (κ2) is 5.13. The molecule has 0 aliphatic heterocycles. The molecule has 2 heterocycles. The normalized spacial score (nSPS) is 12.2. The van der Waals surface area contributed by atoms with Crippen LogP contribution in [0.5, 0.6) is 0 Å². The largest absolute Gasteiger partial charge is 0.325 e. The molecule has 0 aliphatic rings. The van der Waals surface area contributed by atoms with Crippen LogP contribution in [0.25, 0.3) is 16.2 Å². The number of hydrogen-bond donors (Lipinski definition) is 1. The summed E-state index contributed by atoms with van der Waals surface area (Å²) in [6.07, 6.45) is 0. The molecule has 0 bridgehead atoms. The molecular formula is C16H18ClN3S. The van der Waals surface area contributed by atoms with Crippen molar-refractivity contribution in [3.05, 3.63) is 46.1 Å². The summed E-state index contributed by atoms with van der Waals surface area (Å²) < 4.78 is 2.18. The first-order valence-corrected chi connectivity index (χ1v) is 8.13. The van der Waals surface area contributed by atoms with Crippen LogP contribution in [0.3, 0.4) is 0 Å². The fourth-order valence-electron chi connectivity index (χ4n) is 2.53. The zero-order chi connectivity index (χ0) is 15.2. The lowest BCUT2D eigenvalue weighted by Crippen LogP contribution is -2.17. The third-order valence-corrected chi connectivity index (χ3v) is 4.58. The monoisotopic (exact) mass is 319 g/mol. The van der Waals surface area contributed by atoms with E-state index in [0.717, 1.165) is 32.6 Å². The Morgan fingerprint density at radius 2 is 1.90 bits per heavy atom. The Bertz CT molecular complexity index is 778. The molecule has 0 saturated carbocycles. The summed E-state index contributed by atoms with van der Waals surface area (Å²) in [5.74, 6) is 0. The Kier molecular flexibility index (Phi) is 3.56. The minimum Gasteiger partial charge on any atom is -0.325 e. The van der Waals surface area contributed by atoms with Gasteiger partial charge in [-0.25, -0.2) is 4.98 Å². The molecule has 3 nitrogen and oxygen atoms in total. The highest BCUT2D eigenvalue weighted by Crippen LogP contribution is 2.33. The number of fused-ring (bicyclic) bond motifs is 1. The predicted octanol–water partition coefficient (Wildman–Crippen LogP) is 4.47. The van der Waals surface area contributed by atoms with Gasteiger partial charge in [0.05, 0.1) is 17.1 Å². The summed E-state index contributed by atoms with van der Waals surface area (Å²) >= 11 is 7.62. The molecule has 0 amide bonds. The van der Waals surface area contributed by atoms with Crippen molar-refractivity contribution in [2.75, 3.05) is 0 Å². The van der Waals surface area contributed by atoms with Gasteiger partial charge >= 0.3 is 0 Å². The number of imidazole rings is 1. The fourth-order valence-corrected chi connectivity index (χ4v) is 3.57. The molecule has 0 spiro atoms. The Hall–Kier alpha value is -1.36. The van der Waals surface area contributed by atoms with E-state index in [9.17, 15) is 0 Å². The highest BCUT2D eigenvalue weighted by Gasteiger charge is 2.25. The fraction of sp³-hybridized carbons (Fsp3) is 0.312. The van der Waals surface area contributed by atoms with Gasteiger partial charge in [-0.1, -0.05) is 44.5 Å². The van der Waals surface area contributed by atoms with E-state index in [-0.39, 0.29) is 5.41 Å². The first-order valence-electron chi connectivity index (χ1n) is 6.87. The van der Waals surface area contributed by atoms with E-state index in [1.54, 1.807) is 11.3 Å². The Labute approximate surface area is 133 Å². The third-order valence-electron chi connectivity index (χ3n) is 3.50. The number of thiazole rings is 1. The van der Waals surface area contributed by atoms with E-state index in [4.69, 9.17) is 22.3 Å². The molecule has 0 atom stereocenters. The first-order chi connectivity index (χ1) is 9.91. The van der Waals surface area contributed by atoms with Crippen LogP contribution in [0.4, 0.5) is 0 Å². The van der Waals surface area contributed by atoms with Crippen LogP contribution >= 0.6 is 22.9 Å². The smallest absolute Gasteiger partial charge is 0.194 e.